The van der Waals surface area contributed by atoms with Crippen molar-refractivity contribution >= 4 is 36.6 Å². The Kier molecular flexibility index (Phi) is 4.34. The summed E-state index contributed by atoms with van der Waals surface area (Å²) in [5, 5.41) is 10.0. The van der Waals surface area contributed by atoms with Gasteiger partial charge in [0.15, 0.2) is 23.6 Å². The van der Waals surface area contributed by atoms with Crippen LogP contribution in [0.4, 0.5) is 10.3 Å². The molecule has 3 rings (SSSR count). The first kappa shape index (κ1) is 16.3. The van der Waals surface area contributed by atoms with Crippen LogP contribution in [0.25, 0.3) is 11.2 Å². The van der Waals surface area contributed by atoms with Crippen molar-refractivity contribution in [2.45, 2.75) is 24.6 Å². The minimum absolute atomic E-state index is 0.0245. The number of imidazole rings is 1. The van der Waals surface area contributed by atoms with Crippen molar-refractivity contribution in [1.82, 2.24) is 19.5 Å². The third-order valence-corrected chi connectivity index (χ3v) is 4.08. The molecular weight excluding hydrogens is 352 g/mol. The number of nitrogens with zero attached hydrogens (tertiary/aromatic N) is 3. The molecule has 3 heterocycles. The summed E-state index contributed by atoms with van der Waals surface area (Å²) in [5.74, 6) is -0.152. The molecule has 4 N–H and O–H groups in total. The van der Waals surface area contributed by atoms with E-state index in [0.717, 1.165) is 0 Å². The van der Waals surface area contributed by atoms with Crippen molar-refractivity contribution in [3.05, 3.63) is 16.7 Å². The van der Waals surface area contributed by atoms with Gasteiger partial charge in [-0.05, 0) is 4.57 Å². The summed E-state index contributed by atoms with van der Waals surface area (Å²) in [7, 11) is -2.22. The number of aliphatic hydroxyl groups is 1. The molecule has 2 aromatic rings. The predicted molar refractivity (Wildman–Crippen MR) is 79.9 cm³/mol. The van der Waals surface area contributed by atoms with E-state index >= 15 is 0 Å². The molecule has 10 nitrogen and oxygen atoms in total. The molecule has 0 radical (unpaired) electrons. The number of aromatic nitrogens is 4. The Morgan fingerprint density at radius 3 is 3.09 bits per heavy atom. The maximum absolute atomic E-state index is 14.1. The third-order valence-electron chi connectivity index (χ3n) is 3.36. The minimum atomic E-state index is -2.22. The standard InChI is InChI=1S/C10H11FN5O5PS/c11-4-3(1-20-22(19)23)21-9(6(4)17)16-2-13-5-7(16)14-10(12)15-8(5)18/h2-4,6,9,17H,1H2,(H3-,12,14,15,18,19,23)/p+1/t3-,4?,6+,9-/m1/s1. The van der Waals surface area contributed by atoms with Crippen molar-refractivity contribution in [3.63, 3.8) is 0 Å². The third kappa shape index (κ3) is 2.95. The lowest BCUT2D eigenvalue weighted by Crippen LogP contribution is -2.29. The van der Waals surface area contributed by atoms with Crippen molar-refractivity contribution in [2.75, 3.05) is 12.3 Å². The molecular formula is C10H12FN5O5PS+. The van der Waals surface area contributed by atoms with Crippen LogP contribution in [0.3, 0.4) is 0 Å². The Morgan fingerprint density at radius 2 is 2.39 bits per heavy atom. The Bertz CT molecular complexity index is 815. The molecule has 1 saturated heterocycles. The normalized spacial score (nSPS) is 28.4. The van der Waals surface area contributed by atoms with E-state index in [1.54, 1.807) is 0 Å². The molecule has 2 unspecified atom stereocenters. The van der Waals surface area contributed by atoms with Crippen LogP contribution in [0.5, 0.6) is 0 Å². The number of H-pyrrole nitrogens is 1. The zero-order valence-corrected chi connectivity index (χ0v) is 13.2. The number of rotatable bonds is 4. The number of alkyl halides is 1. The number of aromatic amines is 1. The summed E-state index contributed by atoms with van der Waals surface area (Å²) < 4.78 is 36.2. The average Bonchev–Trinajstić information content (AvgIpc) is 3.00. The lowest BCUT2D eigenvalue weighted by molar-refractivity contribution is -0.0453. The van der Waals surface area contributed by atoms with Crippen LogP contribution in [0.2, 0.25) is 0 Å². The number of hydrogen-bond acceptors (Lipinski definition) is 8. The van der Waals surface area contributed by atoms with Crippen LogP contribution in [0, 0.1) is 0 Å². The van der Waals surface area contributed by atoms with E-state index in [2.05, 4.69) is 27.2 Å². The highest BCUT2D eigenvalue weighted by molar-refractivity contribution is 8.39. The molecule has 2 aromatic heterocycles. The molecule has 124 valence electrons. The number of nitrogens with one attached hydrogen (secondary N) is 1. The van der Waals surface area contributed by atoms with Gasteiger partial charge in [0.25, 0.3) is 5.56 Å². The summed E-state index contributed by atoms with van der Waals surface area (Å²) >= 11 is 3.55. The van der Waals surface area contributed by atoms with Crippen molar-refractivity contribution < 1.29 is 23.3 Å². The maximum atomic E-state index is 14.1. The van der Waals surface area contributed by atoms with Gasteiger partial charge in [-0.15, -0.1) is 4.52 Å². The van der Waals surface area contributed by atoms with Crippen LogP contribution in [-0.4, -0.2) is 49.6 Å². The van der Waals surface area contributed by atoms with Gasteiger partial charge < -0.3 is 15.6 Å². The van der Waals surface area contributed by atoms with Crippen LogP contribution in [-0.2, 0) is 13.8 Å². The van der Waals surface area contributed by atoms with Crippen LogP contribution in [0.15, 0.2) is 11.1 Å². The van der Waals surface area contributed by atoms with E-state index in [0.29, 0.717) is 0 Å². The highest BCUT2D eigenvalue weighted by Crippen LogP contribution is 2.35. The second kappa shape index (κ2) is 6.13. The quantitative estimate of drug-likeness (QED) is 0.435. The number of ether oxygens (including phenoxy) is 1. The molecule has 0 amide bonds. The van der Waals surface area contributed by atoms with Gasteiger partial charge >= 0.3 is 7.23 Å². The molecule has 0 aromatic carbocycles. The fourth-order valence-corrected chi connectivity index (χ4v) is 2.81. The van der Waals surface area contributed by atoms with E-state index in [-0.39, 0.29) is 23.7 Å². The van der Waals surface area contributed by atoms with E-state index < -0.39 is 37.4 Å². The van der Waals surface area contributed by atoms with Crippen LogP contribution in [0.1, 0.15) is 6.23 Å². The molecule has 13 heteroatoms. The van der Waals surface area contributed by atoms with Gasteiger partial charge in [-0.1, -0.05) is 0 Å². The average molecular weight is 364 g/mol. The van der Waals surface area contributed by atoms with E-state index in [9.17, 15) is 18.9 Å². The second-order valence-corrected chi connectivity index (χ2v) is 6.52. The molecule has 1 aliphatic rings. The van der Waals surface area contributed by atoms with Gasteiger partial charge in [-0.25, -0.2) is 9.37 Å². The number of fused-ring (bicyclic) bond motifs is 1. The summed E-state index contributed by atoms with van der Waals surface area (Å²) in [6, 6.07) is 0. The van der Waals surface area contributed by atoms with Crippen LogP contribution < -0.4 is 11.3 Å². The molecule has 23 heavy (non-hydrogen) atoms. The van der Waals surface area contributed by atoms with Gasteiger partial charge in [-0.2, -0.15) is 4.98 Å². The molecule has 0 saturated carbocycles. The maximum Gasteiger partial charge on any atom is 0.582 e. The molecule has 1 fully saturated rings. The first-order valence-electron chi connectivity index (χ1n) is 6.37. The van der Waals surface area contributed by atoms with Gasteiger partial charge in [-0.3, -0.25) is 14.3 Å². The number of halogens is 1. The zero-order chi connectivity index (χ0) is 16.7. The van der Waals surface area contributed by atoms with Crippen molar-refractivity contribution in [2.24, 2.45) is 0 Å². The molecule has 0 aliphatic carbocycles. The van der Waals surface area contributed by atoms with Crippen LogP contribution >= 0.6 is 19.5 Å². The Labute approximate surface area is 133 Å². The Hall–Kier alpha value is -1.59. The van der Waals surface area contributed by atoms with Gasteiger partial charge in [0, 0.05) is 0 Å². The predicted octanol–water partition coefficient (Wildman–Crippen LogP) is -0.0980. The number of nitrogens with two attached hydrogens (primary N) is 1. The second-order valence-electron chi connectivity index (χ2n) is 4.81. The Balaban J connectivity index is 1.93. The van der Waals surface area contributed by atoms with Gasteiger partial charge in [0.1, 0.15) is 31.1 Å². The summed E-state index contributed by atoms with van der Waals surface area (Å²) in [6.45, 7) is -0.351. The first-order chi connectivity index (χ1) is 10.9. The molecule has 0 spiro atoms. The van der Waals surface area contributed by atoms with Gasteiger partial charge in [0.05, 0.1) is 6.33 Å². The first-order valence-corrected chi connectivity index (χ1v) is 8.70. The SMILES string of the molecule is Nc1nc2c(ncn2[C@@H]2O[C@H](CO[P+](=O)S)C(F)[C@@H]2O)c(=O)[nH]1. The fourth-order valence-electron chi connectivity index (χ4n) is 2.34. The van der Waals surface area contributed by atoms with Gasteiger partial charge in [0.2, 0.25) is 5.95 Å². The van der Waals surface area contributed by atoms with E-state index in [4.69, 9.17) is 15.0 Å². The molecule has 1 aliphatic heterocycles. The molecule has 5 atom stereocenters. The lowest BCUT2D eigenvalue weighted by Gasteiger charge is -2.15. The van der Waals surface area contributed by atoms with E-state index in [1.165, 1.54) is 10.9 Å². The van der Waals surface area contributed by atoms with Crippen molar-refractivity contribution in [1.29, 1.82) is 0 Å². The smallest absolute Gasteiger partial charge is 0.385 e. The minimum Gasteiger partial charge on any atom is -0.385 e. The number of hydrogen-bond donors (Lipinski definition) is 4. The monoisotopic (exact) mass is 364 g/mol. The number of anilines is 1. The topological polar surface area (TPSA) is 145 Å². The largest absolute Gasteiger partial charge is 0.582 e. The lowest BCUT2D eigenvalue weighted by atomic mass is 10.1. The van der Waals surface area contributed by atoms with E-state index in [1.807, 2.05) is 0 Å². The Morgan fingerprint density at radius 1 is 1.65 bits per heavy atom. The summed E-state index contributed by atoms with van der Waals surface area (Å²) in [4.78, 5) is 21.8. The number of aliphatic hydroxyl groups excluding tert-OH is 1. The molecule has 0 bridgehead atoms. The summed E-state index contributed by atoms with van der Waals surface area (Å²) in [6.07, 6.45) is -4.50. The number of thiol groups is 1. The highest BCUT2D eigenvalue weighted by Gasteiger charge is 2.46. The zero-order valence-electron chi connectivity index (χ0n) is 11.4. The number of nitrogen functional groups attached to an aromatic ring is 1. The van der Waals surface area contributed by atoms with Crippen molar-refractivity contribution in [3.8, 4) is 0 Å². The summed E-state index contributed by atoms with van der Waals surface area (Å²) in [5.41, 5.74) is 4.93. The fraction of sp³-hybridized carbons (Fsp3) is 0.500. The highest BCUT2D eigenvalue weighted by atomic mass is 32.7.